The molecule has 0 bridgehead atoms. The number of alkyl halides is 3. The van der Waals surface area contributed by atoms with Crippen LogP contribution in [-0.4, -0.2) is 21.9 Å². The van der Waals surface area contributed by atoms with E-state index >= 15 is 0 Å². The van der Waals surface area contributed by atoms with E-state index < -0.39 is 22.7 Å². The number of carbonyl (C=O) groups excluding carboxylic acids is 1. The molecule has 126 valence electrons. The molecule has 9 heteroatoms. The van der Waals surface area contributed by atoms with Gasteiger partial charge in [-0.1, -0.05) is 11.6 Å². The second kappa shape index (κ2) is 6.27. The van der Waals surface area contributed by atoms with Crippen molar-refractivity contribution in [3.05, 3.63) is 46.7 Å². The molecule has 0 saturated heterocycles. The third-order valence-electron chi connectivity index (χ3n) is 3.35. The SMILES string of the molecule is O=C(Nc1ccc(Cl)c(C(F)(F)F)c1)c1cnc(NC2CC2)nc1. The largest absolute Gasteiger partial charge is 0.417 e. The van der Waals surface area contributed by atoms with Crippen molar-refractivity contribution >= 4 is 29.1 Å². The van der Waals surface area contributed by atoms with Crippen LogP contribution in [0.2, 0.25) is 5.02 Å². The van der Waals surface area contributed by atoms with Crippen LogP contribution in [0.4, 0.5) is 24.8 Å². The first kappa shape index (κ1) is 16.5. The summed E-state index contributed by atoms with van der Waals surface area (Å²) in [4.78, 5) is 20.1. The van der Waals surface area contributed by atoms with Crippen LogP contribution in [0.15, 0.2) is 30.6 Å². The Morgan fingerprint density at radius 3 is 2.46 bits per heavy atom. The van der Waals surface area contributed by atoms with Gasteiger partial charge in [-0.3, -0.25) is 4.79 Å². The summed E-state index contributed by atoms with van der Waals surface area (Å²) in [5, 5.41) is 5.01. The number of hydrogen-bond acceptors (Lipinski definition) is 4. The Balaban J connectivity index is 1.72. The summed E-state index contributed by atoms with van der Waals surface area (Å²) in [6.07, 6.45) is 0.145. The lowest BCUT2D eigenvalue weighted by molar-refractivity contribution is -0.137. The third-order valence-corrected chi connectivity index (χ3v) is 3.68. The summed E-state index contributed by atoms with van der Waals surface area (Å²) in [7, 11) is 0. The summed E-state index contributed by atoms with van der Waals surface area (Å²) in [6.45, 7) is 0. The predicted molar refractivity (Wildman–Crippen MR) is 83.1 cm³/mol. The lowest BCUT2D eigenvalue weighted by Gasteiger charge is -2.11. The van der Waals surface area contributed by atoms with Crippen molar-refractivity contribution in [3.8, 4) is 0 Å². The van der Waals surface area contributed by atoms with Crippen LogP contribution < -0.4 is 10.6 Å². The average molecular weight is 357 g/mol. The first-order valence-corrected chi connectivity index (χ1v) is 7.47. The van der Waals surface area contributed by atoms with Crippen LogP contribution in [0, 0.1) is 0 Å². The van der Waals surface area contributed by atoms with Gasteiger partial charge >= 0.3 is 6.18 Å². The summed E-state index contributed by atoms with van der Waals surface area (Å²) >= 11 is 5.54. The molecule has 1 heterocycles. The topological polar surface area (TPSA) is 66.9 Å². The van der Waals surface area contributed by atoms with Crippen molar-refractivity contribution < 1.29 is 18.0 Å². The van der Waals surface area contributed by atoms with Crippen LogP contribution in [0.3, 0.4) is 0 Å². The van der Waals surface area contributed by atoms with E-state index in [4.69, 9.17) is 11.6 Å². The van der Waals surface area contributed by atoms with Gasteiger partial charge in [0.05, 0.1) is 16.1 Å². The summed E-state index contributed by atoms with van der Waals surface area (Å²) in [6, 6.07) is 3.53. The van der Waals surface area contributed by atoms with Gasteiger partial charge < -0.3 is 10.6 Å². The average Bonchev–Trinajstić information content (AvgIpc) is 3.33. The highest BCUT2D eigenvalue weighted by atomic mass is 35.5. The van der Waals surface area contributed by atoms with Gasteiger partial charge in [-0.05, 0) is 31.0 Å². The third kappa shape index (κ3) is 3.94. The smallest absolute Gasteiger partial charge is 0.351 e. The van der Waals surface area contributed by atoms with Crippen LogP contribution in [-0.2, 0) is 6.18 Å². The van der Waals surface area contributed by atoms with Gasteiger partial charge in [0.2, 0.25) is 5.95 Å². The Hall–Kier alpha value is -2.35. The minimum atomic E-state index is -4.60. The Morgan fingerprint density at radius 1 is 1.21 bits per heavy atom. The van der Waals surface area contributed by atoms with Gasteiger partial charge in [0.15, 0.2) is 0 Å². The molecule has 1 amide bonds. The quantitative estimate of drug-likeness (QED) is 0.869. The summed E-state index contributed by atoms with van der Waals surface area (Å²) in [5.41, 5.74) is -0.890. The molecule has 0 atom stereocenters. The molecular formula is C15H12ClF3N4O. The van der Waals surface area contributed by atoms with E-state index in [-0.39, 0.29) is 11.3 Å². The fourth-order valence-electron chi connectivity index (χ4n) is 1.95. The Bertz CT molecular complexity index is 760. The Labute approximate surface area is 140 Å². The maximum absolute atomic E-state index is 12.8. The highest BCUT2D eigenvalue weighted by Crippen LogP contribution is 2.36. The second-order valence-electron chi connectivity index (χ2n) is 5.36. The molecule has 0 unspecified atom stereocenters. The van der Waals surface area contributed by atoms with Gasteiger partial charge in [-0.25, -0.2) is 9.97 Å². The minimum Gasteiger partial charge on any atom is -0.351 e. The van der Waals surface area contributed by atoms with E-state index in [2.05, 4.69) is 20.6 Å². The first-order valence-electron chi connectivity index (χ1n) is 7.09. The maximum Gasteiger partial charge on any atom is 0.417 e. The molecule has 2 aromatic rings. The number of aromatic nitrogens is 2. The van der Waals surface area contributed by atoms with Crippen LogP contribution >= 0.6 is 11.6 Å². The molecule has 1 aromatic heterocycles. The van der Waals surface area contributed by atoms with E-state index in [9.17, 15) is 18.0 Å². The van der Waals surface area contributed by atoms with Crippen molar-refractivity contribution in [2.24, 2.45) is 0 Å². The van der Waals surface area contributed by atoms with Crippen molar-refractivity contribution in [2.45, 2.75) is 25.1 Å². The molecule has 1 aliphatic rings. The van der Waals surface area contributed by atoms with E-state index in [1.54, 1.807) is 0 Å². The zero-order valence-corrected chi connectivity index (χ0v) is 12.9. The Kier molecular flexibility index (Phi) is 4.31. The number of nitrogens with zero attached hydrogens (tertiary/aromatic N) is 2. The van der Waals surface area contributed by atoms with Gasteiger partial charge in [0, 0.05) is 24.1 Å². The lowest BCUT2D eigenvalue weighted by Crippen LogP contribution is -2.15. The predicted octanol–water partition coefficient (Wildman–Crippen LogP) is 3.98. The molecule has 2 N–H and O–H groups in total. The lowest BCUT2D eigenvalue weighted by atomic mass is 10.2. The van der Waals surface area contributed by atoms with Gasteiger partial charge in [-0.15, -0.1) is 0 Å². The number of amides is 1. The molecule has 0 aliphatic heterocycles. The van der Waals surface area contributed by atoms with Gasteiger partial charge in [-0.2, -0.15) is 13.2 Å². The van der Waals surface area contributed by atoms with Crippen LogP contribution in [0.25, 0.3) is 0 Å². The standard InChI is InChI=1S/C15H12ClF3N4O/c16-12-4-3-10(5-11(12)15(17,18)19)22-13(24)8-6-20-14(21-7-8)23-9-1-2-9/h3-7,9H,1-2H2,(H,22,24)(H,20,21,23). The second-order valence-corrected chi connectivity index (χ2v) is 5.77. The molecule has 3 rings (SSSR count). The Morgan fingerprint density at radius 2 is 1.88 bits per heavy atom. The minimum absolute atomic E-state index is 0.0168. The number of rotatable bonds is 4. The number of halogens is 4. The van der Waals surface area contributed by atoms with E-state index in [1.165, 1.54) is 18.5 Å². The zero-order valence-electron chi connectivity index (χ0n) is 12.2. The molecule has 0 spiro atoms. The molecule has 0 radical (unpaired) electrons. The maximum atomic E-state index is 12.8. The number of benzene rings is 1. The molecule has 1 aliphatic carbocycles. The fraction of sp³-hybridized carbons (Fsp3) is 0.267. The molecule has 1 fully saturated rings. The molecular weight excluding hydrogens is 345 g/mol. The normalized spacial score (nSPS) is 14.3. The summed E-state index contributed by atoms with van der Waals surface area (Å²) in [5.74, 6) is -0.191. The highest BCUT2D eigenvalue weighted by Gasteiger charge is 2.33. The number of nitrogens with one attached hydrogen (secondary N) is 2. The zero-order chi connectivity index (χ0) is 17.3. The molecule has 1 saturated carbocycles. The van der Waals surface area contributed by atoms with E-state index in [0.29, 0.717) is 12.0 Å². The molecule has 24 heavy (non-hydrogen) atoms. The molecule has 5 nitrogen and oxygen atoms in total. The van der Waals surface area contributed by atoms with Crippen molar-refractivity contribution in [1.82, 2.24) is 9.97 Å². The van der Waals surface area contributed by atoms with Crippen LogP contribution in [0.5, 0.6) is 0 Å². The first-order chi connectivity index (χ1) is 11.3. The number of hydrogen-bond donors (Lipinski definition) is 2. The van der Waals surface area contributed by atoms with Crippen molar-refractivity contribution in [3.63, 3.8) is 0 Å². The van der Waals surface area contributed by atoms with E-state index in [1.807, 2.05) is 0 Å². The van der Waals surface area contributed by atoms with Crippen molar-refractivity contribution in [2.75, 3.05) is 10.6 Å². The fourth-order valence-corrected chi connectivity index (χ4v) is 2.18. The summed E-state index contributed by atoms with van der Waals surface area (Å²) < 4.78 is 38.5. The highest BCUT2D eigenvalue weighted by molar-refractivity contribution is 6.31. The van der Waals surface area contributed by atoms with Crippen LogP contribution in [0.1, 0.15) is 28.8 Å². The number of anilines is 2. The number of carbonyl (C=O) groups is 1. The van der Waals surface area contributed by atoms with Crippen molar-refractivity contribution in [1.29, 1.82) is 0 Å². The van der Waals surface area contributed by atoms with Gasteiger partial charge in [0.25, 0.3) is 5.91 Å². The van der Waals surface area contributed by atoms with E-state index in [0.717, 1.165) is 25.0 Å². The molecule has 1 aromatic carbocycles. The monoisotopic (exact) mass is 356 g/mol. The van der Waals surface area contributed by atoms with Gasteiger partial charge in [0.1, 0.15) is 0 Å².